The number of benzene rings is 1. The lowest BCUT2D eigenvalue weighted by Gasteiger charge is -2.36. The van der Waals surface area contributed by atoms with Crippen LogP contribution in [-0.4, -0.2) is 40.8 Å². The van der Waals surface area contributed by atoms with Gasteiger partial charge in [0.25, 0.3) is 0 Å². The van der Waals surface area contributed by atoms with Gasteiger partial charge in [-0.3, -0.25) is 0 Å². The minimum atomic E-state index is 0.306. The Balaban J connectivity index is 1.48. The minimum absolute atomic E-state index is 0.306. The van der Waals surface area contributed by atoms with Gasteiger partial charge in [-0.1, -0.05) is 12.1 Å². The Bertz CT molecular complexity index is 678. The van der Waals surface area contributed by atoms with E-state index >= 15 is 0 Å². The molecule has 6 heteroatoms. The normalized spacial score (nSPS) is 24.4. The van der Waals surface area contributed by atoms with Crippen LogP contribution >= 0.6 is 23.6 Å². The first-order valence-electron chi connectivity index (χ1n) is 8.83. The molecule has 0 radical (unpaired) electrons. The third-order valence-corrected chi connectivity index (χ3v) is 6.38. The molecule has 2 aliphatic rings. The molecule has 1 aromatic heterocycles. The molecule has 2 aliphatic heterocycles. The molecule has 2 aromatic rings. The number of para-hydroxylation sites is 1. The van der Waals surface area contributed by atoms with Gasteiger partial charge in [-0.25, -0.2) is 4.98 Å². The number of nitrogens with one attached hydrogen (secondary N) is 1. The second-order valence-electron chi connectivity index (χ2n) is 6.55. The zero-order valence-electron chi connectivity index (χ0n) is 13.7. The number of rotatable bonds is 3. The van der Waals surface area contributed by atoms with Crippen molar-refractivity contribution in [1.82, 2.24) is 15.2 Å². The molecular formula is C18H23N3OS2. The molecule has 0 bridgehead atoms. The molecule has 24 heavy (non-hydrogen) atoms. The summed E-state index contributed by atoms with van der Waals surface area (Å²) in [5.74, 6) is 0. The van der Waals surface area contributed by atoms with Crippen molar-refractivity contribution in [3.05, 3.63) is 29.3 Å². The summed E-state index contributed by atoms with van der Waals surface area (Å²) >= 11 is 7.51. The van der Waals surface area contributed by atoms with Crippen molar-refractivity contribution in [1.29, 1.82) is 0 Å². The van der Waals surface area contributed by atoms with Crippen LogP contribution in [0.5, 0.6) is 0 Å². The first-order valence-corrected chi connectivity index (χ1v) is 10.1. The lowest BCUT2D eigenvalue weighted by Crippen LogP contribution is -2.46. The van der Waals surface area contributed by atoms with Crippen molar-refractivity contribution >= 4 is 38.9 Å². The van der Waals surface area contributed by atoms with E-state index in [0.717, 1.165) is 49.6 Å². The summed E-state index contributed by atoms with van der Waals surface area (Å²) in [4.78, 5) is 7.21. The molecule has 2 atom stereocenters. The van der Waals surface area contributed by atoms with E-state index in [1.54, 1.807) is 11.3 Å². The molecule has 0 spiro atoms. The quantitative estimate of drug-likeness (QED) is 0.840. The van der Waals surface area contributed by atoms with Crippen LogP contribution in [0.15, 0.2) is 24.3 Å². The molecule has 128 valence electrons. The number of thiazole rings is 1. The molecule has 0 aliphatic carbocycles. The van der Waals surface area contributed by atoms with Crippen LogP contribution in [0.25, 0.3) is 10.2 Å². The second kappa shape index (κ2) is 7.33. The summed E-state index contributed by atoms with van der Waals surface area (Å²) < 4.78 is 6.95. The van der Waals surface area contributed by atoms with Gasteiger partial charge in [-0.2, -0.15) is 0 Å². The number of fused-ring (bicyclic) bond motifs is 1. The summed E-state index contributed by atoms with van der Waals surface area (Å²) in [6.45, 7) is 2.72. The number of piperidine rings is 1. The van der Waals surface area contributed by atoms with Crippen molar-refractivity contribution in [2.24, 2.45) is 0 Å². The number of ether oxygens (including phenoxy) is 1. The SMILES string of the molecule is S=C(NC[C@@H]1CCCO1)N1CCCC[C@@H]1c1nc2ccccc2s1. The van der Waals surface area contributed by atoms with E-state index in [4.69, 9.17) is 21.9 Å². The van der Waals surface area contributed by atoms with Gasteiger partial charge in [0.15, 0.2) is 5.11 Å². The van der Waals surface area contributed by atoms with E-state index in [1.807, 2.05) is 0 Å². The highest BCUT2D eigenvalue weighted by molar-refractivity contribution is 7.80. The lowest BCUT2D eigenvalue weighted by atomic mass is 10.0. The van der Waals surface area contributed by atoms with E-state index < -0.39 is 0 Å². The summed E-state index contributed by atoms with van der Waals surface area (Å²) in [5.41, 5.74) is 1.10. The van der Waals surface area contributed by atoms with Crippen molar-refractivity contribution in [3.8, 4) is 0 Å². The smallest absolute Gasteiger partial charge is 0.169 e. The second-order valence-corrected chi connectivity index (χ2v) is 7.99. The number of thiocarbonyl (C=S) groups is 1. The predicted octanol–water partition coefficient (Wildman–Crippen LogP) is 3.88. The van der Waals surface area contributed by atoms with Crippen molar-refractivity contribution < 1.29 is 4.74 Å². The van der Waals surface area contributed by atoms with Gasteiger partial charge >= 0.3 is 0 Å². The van der Waals surface area contributed by atoms with E-state index in [-0.39, 0.29) is 0 Å². The number of hydrogen-bond donors (Lipinski definition) is 1. The van der Waals surface area contributed by atoms with Crippen molar-refractivity contribution in [3.63, 3.8) is 0 Å². The van der Waals surface area contributed by atoms with Crippen LogP contribution in [0, 0.1) is 0 Å². The number of nitrogens with zero attached hydrogens (tertiary/aromatic N) is 2. The van der Waals surface area contributed by atoms with Gasteiger partial charge in [0.05, 0.1) is 22.4 Å². The Morgan fingerprint density at radius 3 is 3.04 bits per heavy atom. The Hall–Kier alpha value is -1.24. The molecule has 2 saturated heterocycles. The molecule has 3 heterocycles. The van der Waals surface area contributed by atoms with Crippen LogP contribution in [0.3, 0.4) is 0 Å². The molecular weight excluding hydrogens is 338 g/mol. The molecule has 1 aromatic carbocycles. The number of hydrogen-bond acceptors (Lipinski definition) is 4. The maximum Gasteiger partial charge on any atom is 0.169 e. The summed E-state index contributed by atoms with van der Waals surface area (Å²) in [6.07, 6.45) is 6.18. The van der Waals surface area contributed by atoms with Gasteiger partial charge in [-0.15, -0.1) is 11.3 Å². The third kappa shape index (κ3) is 3.41. The van der Waals surface area contributed by atoms with E-state index in [0.29, 0.717) is 12.1 Å². The highest BCUT2D eigenvalue weighted by atomic mass is 32.1. The highest BCUT2D eigenvalue weighted by Crippen LogP contribution is 2.35. The highest BCUT2D eigenvalue weighted by Gasteiger charge is 2.29. The molecule has 0 amide bonds. The first-order chi connectivity index (χ1) is 11.8. The van der Waals surface area contributed by atoms with Gasteiger partial charge in [0, 0.05) is 19.7 Å². The van der Waals surface area contributed by atoms with Crippen LogP contribution in [0.2, 0.25) is 0 Å². The zero-order valence-corrected chi connectivity index (χ0v) is 15.4. The Kier molecular flexibility index (Phi) is 4.96. The van der Waals surface area contributed by atoms with E-state index in [2.05, 4.69) is 34.5 Å². The average Bonchev–Trinajstić information content (AvgIpc) is 3.29. The Morgan fingerprint density at radius 1 is 1.29 bits per heavy atom. The third-order valence-electron chi connectivity index (χ3n) is 4.86. The van der Waals surface area contributed by atoms with Crippen molar-refractivity contribution in [2.45, 2.75) is 44.2 Å². The molecule has 2 fully saturated rings. The van der Waals surface area contributed by atoms with E-state index in [1.165, 1.54) is 22.5 Å². The van der Waals surface area contributed by atoms with E-state index in [9.17, 15) is 0 Å². The van der Waals surface area contributed by atoms with Crippen LogP contribution in [0.4, 0.5) is 0 Å². The minimum Gasteiger partial charge on any atom is -0.376 e. The maximum absolute atomic E-state index is 5.70. The molecule has 0 unspecified atom stereocenters. The molecule has 4 nitrogen and oxygen atoms in total. The summed E-state index contributed by atoms with van der Waals surface area (Å²) in [6, 6.07) is 8.68. The lowest BCUT2D eigenvalue weighted by molar-refractivity contribution is 0.112. The predicted molar refractivity (Wildman–Crippen MR) is 102 cm³/mol. The van der Waals surface area contributed by atoms with Gasteiger partial charge < -0.3 is 15.0 Å². The molecule has 4 rings (SSSR count). The summed E-state index contributed by atoms with van der Waals surface area (Å²) in [7, 11) is 0. The topological polar surface area (TPSA) is 37.4 Å². The van der Waals surface area contributed by atoms with Crippen LogP contribution < -0.4 is 5.32 Å². The van der Waals surface area contributed by atoms with Gasteiger partial charge in [-0.05, 0) is 56.5 Å². The monoisotopic (exact) mass is 361 g/mol. The average molecular weight is 362 g/mol. The van der Waals surface area contributed by atoms with Gasteiger partial charge in [0.1, 0.15) is 5.01 Å². The Morgan fingerprint density at radius 2 is 2.21 bits per heavy atom. The molecule has 1 N–H and O–H groups in total. The fourth-order valence-corrected chi connectivity index (χ4v) is 4.99. The van der Waals surface area contributed by atoms with Crippen molar-refractivity contribution in [2.75, 3.05) is 19.7 Å². The standard InChI is InChI=1S/C18H23N3OS2/c23-18(19-12-13-6-5-11-22-13)21-10-4-3-8-15(21)17-20-14-7-1-2-9-16(14)24-17/h1-2,7,9,13,15H,3-6,8,10-12H2,(H,19,23)/t13-,15+/m0/s1. The first kappa shape index (κ1) is 16.2. The van der Waals surface area contributed by atoms with Gasteiger partial charge in [0.2, 0.25) is 0 Å². The Labute approximate surface area is 152 Å². The molecule has 0 saturated carbocycles. The van der Waals surface area contributed by atoms with Crippen LogP contribution in [-0.2, 0) is 4.74 Å². The van der Waals surface area contributed by atoms with Crippen LogP contribution in [0.1, 0.15) is 43.2 Å². The maximum atomic E-state index is 5.70. The number of likely N-dealkylation sites (tertiary alicyclic amines) is 1. The fraction of sp³-hybridized carbons (Fsp3) is 0.556. The summed E-state index contributed by atoms with van der Waals surface area (Å²) in [5, 5.41) is 5.48. The fourth-order valence-electron chi connectivity index (χ4n) is 3.57. The number of aromatic nitrogens is 1. The largest absolute Gasteiger partial charge is 0.376 e. The zero-order chi connectivity index (χ0) is 16.4.